The Labute approximate surface area is 201 Å². The molecule has 1 heterocycles. The van der Waals surface area contributed by atoms with Crippen LogP contribution in [-0.2, 0) is 14.3 Å². The number of aryl methyl sites for hydroxylation is 1. The van der Waals surface area contributed by atoms with Crippen molar-refractivity contribution in [3.05, 3.63) is 59.2 Å². The number of methoxy groups -OCH3 is 3. The molecule has 0 aliphatic carbocycles. The molecule has 34 heavy (non-hydrogen) atoms. The van der Waals surface area contributed by atoms with Crippen LogP contribution in [0, 0.1) is 6.92 Å². The first kappa shape index (κ1) is 25.2. The van der Waals surface area contributed by atoms with Crippen molar-refractivity contribution in [2.75, 3.05) is 41.0 Å². The van der Waals surface area contributed by atoms with Crippen LogP contribution in [0.5, 0.6) is 11.5 Å². The maximum absolute atomic E-state index is 13.5. The van der Waals surface area contributed by atoms with Gasteiger partial charge in [-0.05, 0) is 24.6 Å². The molecular formula is C26H33N3O5. The molecule has 2 aromatic carbocycles. The second kappa shape index (κ2) is 11.7. The zero-order valence-corrected chi connectivity index (χ0v) is 20.5. The number of hydrogen-bond acceptors (Lipinski definition) is 6. The van der Waals surface area contributed by atoms with Gasteiger partial charge in [0.1, 0.15) is 18.0 Å². The highest BCUT2D eigenvalue weighted by Gasteiger charge is 2.35. The van der Waals surface area contributed by atoms with Gasteiger partial charge in [0.2, 0.25) is 5.91 Å². The van der Waals surface area contributed by atoms with Crippen molar-refractivity contribution in [2.24, 2.45) is 5.10 Å². The topological polar surface area (TPSA) is 80.7 Å². The van der Waals surface area contributed by atoms with Crippen LogP contribution in [0.3, 0.4) is 0 Å². The van der Waals surface area contributed by atoms with E-state index in [1.807, 2.05) is 43.3 Å². The zero-order valence-electron chi connectivity index (χ0n) is 20.5. The summed E-state index contributed by atoms with van der Waals surface area (Å²) in [4.78, 5) is 27.4. The molecule has 8 heteroatoms. The maximum Gasteiger partial charge on any atom is 0.262 e. The van der Waals surface area contributed by atoms with Gasteiger partial charge >= 0.3 is 0 Å². The van der Waals surface area contributed by atoms with Gasteiger partial charge in [-0.25, -0.2) is 5.01 Å². The van der Waals surface area contributed by atoms with Crippen LogP contribution in [0.1, 0.15) is 42.5 Å². The van der Waals surface area contributed by atoms with Crippen molar-refractivity contribution in [3.8, 4) is 11.5 Å². The van der Waals surface area contributed by atoms with E-state index in [1.54, 1.807) is 34.3 Å². The highest BCUT2D eigenvalue weighted by Crippen LogP contribution is 2.36. The van der Waals surface area contributed by atoms with Crippen LogP contribution in [0.15, 0.2) is 47.6 Å². The molecule has 2 aromatic rings. The molecule has 0 aromatic heterocycles. The first-order valence-corrected chi connectivity index (χ1v) is 11.4. The number of hydrogen-bond donors (Lipinski definition) is 0. The number of nitrogens with zero attached hydrogens (tertiary/aromatic N) is 3. The van der Waals surface area contributed by atoms with E-state index in [-0.39, 0.29) is 24.4 Å². The van der Waals surface area contributed by atoms with Crippen molar-refractivity contribution >= 4 is 17.5 Å². The van der Waals surface area contributed by atoms with E-state index in [1.165, 1.54) is 9.91 Å². The van der Waals surface area contributed by atoms with Crippen molar-refractivity contribution < 1.29 is 23.8 Å². The minimum Gasteiger partial charge on any atom is -0.497 e. The largest absolute Gasteiger partial charge is 0.497 e. The van der Waals surface area contributed by atoms with Crippen molar-refractivity contribution in [2.45, 2.75) is 32.7 Å². The molecule has 182 valence electrons. The Kier molecular flexibility index (Phi) is 8.65. The summed E-state index contributed by atoms with van der Waals surface area (Å²) in [5, 5.41) is 6.24. The molecule has 0 unspecified atom stereocenters. The summed E-state index contributed by atoms with van der Waals surface area (Å²) in [6, 6.07) is 13.3. The van der Waals surface area contributed by atoms with E-state index in [4.69, 9.17) is 19.3 Å². The fourth-order valence-corrected chi connectivity index (χ4v) is 3.94. The van der Waals surface area contributed by atoms with Crippen molar-refractivity contribution in [1.29, 1.82) is 0 Å². The number of hydrazone groups is 1. The van der Waals surface area contributed by atoms with Gasteiger partial charge in [0.05, 0.1) is 32.6 Å². The average molecular weight is 468 g/mol. The zero-order chi connectivity index (χ0) is 24.7. The van der Waals surface area contributed by atoms with Gasteiger partial charge < -0.3 is 19.1 Å². The SMILES string of the molecule is CCC(=O)N(CCOC)CC(=O)N1N=C(c2ccc(OC)cc2OC)C[C@H]1c1ccc(C)cc1. The molecule has 0 radical (unpaired) electrons. The van der Waals surface area contributed by atoms with Crippen LogP contribution >= 0.6 is 0 Å². The Morgan fingerprint density at radius 1 is 1.09 bits per heavy atom. The Bertz CT molecular complexity index is 1040. The average Bonchev–Trinajstić information content (AvgIpc) is 3.31. The van der Waals surface area contributed by atoms with Crippen LogP contribution in [0.2, 0.25) is 0 Å². The van der Waals surface area contributed by atoms with E-state index >= 15 is 0 Å². The number of ether oxygens (including phenoxy) is 3. The predicted molar refractivity (Wildman–Crippen MR) is 130 cm³/mol. The van der Waals surface area contributed by atoms with E-state index in [0.29, 0.717) is 37.5 Å². The molecule has 1 aliphatic heterocycles. The van der Waals surface area contributed by atoms with Crippen LogP contribution in [0.4, 0.5) is 0 Å². The molecule has 0 spiro atoms. The summed E-state index contributed by atoms with van der Waals surface area (Å²) >= 11 is 0. The van der Waals surface area contributed by atoms with E-state index in [0.717, 1.165) is 22.4 Å². The number of benzene rings is 2. The van der Waals surface area contributed by atoms with E-state index in [9.17, 15) is 9.59 Å². The first-order chi connectivity index (χ1) is 16.4. The third-order valence-corrected chi connectivity index (χ3v) is 5.89. The highest BCUT2D eigenvalue weighted by atomic mass is 16.5. The quantitative estimate of drug-likeness (QED) is 0.534. The molecule has 0 N–H and O–H groups in total. The fourth-order valence-electron chi connectivity index (χ4n) is 3.94. The lowest BCUT2D eigenvalue weighted by atomic mass is 9.97. The standard InChI is InChI=1S/C26H33N3O5/c1-6-25(30)28(13-14-32-3)17-26(31)29-23(19-9-7-18(2)8-10-19)16-22(27-29)21-12-11-20(33-4)15-24(21)34-5/h7-12,15,23H,6,13-14,16-17H2,1-5H3/t23-/m0/s1. The lowest BCUT2D eigenvalue weighted by molar-refractivity contribution is -0.141. The second-order valence-corrected chi connectivity index (χ2v) is 8.14. The number of rotatable bonds is 10. The third-order valence-electron chi connectivity index (χ3n) is 5.89. The van der Waals surface area contributed by atoms with Crippen LogP contribution in [0.25, 0.3) is 0 Å². The second-order valence-electron chi connectivity index (χ2n) is 8.14. The molecule has 0 saturated carbocycles. The van der Waals surface area contributed by atoms with Gasteiger partial charge in [-0.3, -0.25) is 9.59 Å². The van der Waals surface area contributed by atoms with Crippen LogP contribution in [-0.4, -0.2) is 68.5 Å². The minimum absolute atomic E-state index is 0.0606. The van der Waals surface area contributed by atoms with Crippen molar-refractivity contribution in [1.82, 2.24) is 9.91 Å². The predicted octanol–water partition coefficient (Wildman–Crippen LogP) is 3.57. The monoisotopic (exact) mass is 467 g/mol. The molecule has 0 fully saturated rings. The summed E-state index contributed by atoms with van der Waals surface area (Å²) in [5.41, 5.74) is 3.66. The Morgan fingerprint density at radius 3 is 2.44 bits per heavy atom. The summed E-state index contributed by atoms with van der Waals surface area (Å²) < 4.78 is 16.0. The van der Waals surface area contributed by atoms with Gasteiger partial charge in [0.25, 0.3) is 5.91 Å². The third kappa shape index (κ3) is 5.75. The smallest absolute Gasteiger partial charge is 0.262 e. The molecule has 2 amide bonds. The lowest BCUT2D eigenvalue weighted by Gasteiger charge is -2.26. The Balaban J connectivity index is 1.95. The molecular weight excluding hydrogens is 434 g/mol. The molecule has 1 atom stereocenters. The number of amides is 2. The highest BCUT2D eigenvalue weighted by molar-refractivity contribution is 6.05. The lowest BCUT2D eigenvalue weighted by Crippen LogP contribution is -2.42. The summed E-state index contributed by atoms with van der Waals surface area (Å²) in [6.07, 6.45) is 0.841. The fraction of sp³-hybridized carbons (Fsp3) is 0.423. The molecule has 0 saturated heterocycles. The van der Waals surface area contributed by atoms with Gasteiger partial charge in [0.15, 0.2) is 0 Å². The van der Waals surface area contributed by atoms with Gasteiger partial charge in [-0.1, -0.05) is 36.8 Å². The van der Waals surface area contributed by atoms with Gasteiger partial charge in [0, 0.05) is 38.1 Å². The molecule has 1 aliphatic rings. The number of carbonyl (C=O) groups excluding carboxylic acids is 2. The molecule has 8 nitrogen and oxygen atoms in total. The van der Waals surface area contributed by atoms with Gasteiger partial charge in [-0.15, -0.1) is 0 Å². The molecule has 3 rings (SSSR count). The summed E-state index contributed by atoms with van der Waals surface area (Å²) in [5.74, 6) is 0.954. The Morgan fingerprint density at radius 2 is 1.82 bits per heavy atom. The maximum atomic E-state index is 13.5. The van der Waals surface area contributed by atoms with Crippen LogP contribution < -0.4 is 9.47 Å². The van der Waals surface area contributed by atoms with E-state index in [2.05, 4.69) is 0 Å². The molecule has 0 bridgehead atoms. The van der Waals surface area contributed by atoms with Crippen molar-refractivity contribution in [3.63, 3.8) is 0 Å². The Hall–Kier alpha value is -3.39. The number of carbonyl (C=O) groups is 2. The normalized spacial score (nSPS) is 15.1. The summed E-state index contributed by atoms with van der Waals surface area (Å²) in [7, 11) is 4.77. The summed E-state index contributed by atoms with van der Waals surface area (Å²) in [6.45, 7) is 4.45. The van der Waals surface area contributed by atoms with E-state index < -0.39 is 0 Å². The minimum atomic E-state index is -0.282. The van der Waals surface area contributed by atoms with Gasteiger partial charge in [-0.2, -0.15) is 5.10 Å². The first-order valence-electron chi connectivity index (χ1n) is 11.4.